The van der Waals surface area contributed by atoms with E-state index in [0.717, 1.165) is 0 Å². The summed E-state index contributed by atoms with van der Waals surface area (Å²) in [5.74, 6) is -0.0547. The number of nitrogens with one attached hydrogen (secondary N) is 2. The first-order valence-electron chi connectivity index (χ1n) is 6.01. The van der Waals surface area contributed by atoms with Crippen molar-refractivity contribution in [2.45, 2.75) is 32.9 Å². The van der Waals surface area contributed by atoms with Gasteiger partial charge in [-0.05, 0) is 26.8 Å². The third-order valence-corrected chi connectivity index (χ3v) is 2.72. The van der Waals surface area contributed by atoms with E-state index in [-0.39, 0.29) is 29.5 Å². The Kier molecular flexibility index (Phi) is 4.97. The molecule has 0 fully saturated rings. The zero-order valence-electron chi connectivity index (χ0n) is 10.9. The maximum absolute atomic E-state index is 11.6. The summed E-state index contributed by atoms with van der Waals surface area (Å²) in [5, 5.41) is 24.7. The second kappa shape index (κ2) is 6.26. The summed E-state index contributed by atoms with van der Waals surface area (Å²) in [6, 6.07) is 3.87. The van der Waals surface area contributed by atoms with Gasteiger partial charge in [0.25, 0.3) is 0 Å². The first kappa shape index (κ1) is 14.3. The lowest BCUT2D eigenvalue weighted by atomic mass is 10.1. The maximum atomic E-state index is 11.6. The van der Waals surface area contributed by atoms with Crippen LogP contribution in [0, 0.1) is 0 Å². The van der Waals surface area contributed by atoms with Gasteiger partial charge in [-0.2, -0.15) is 0 Å². The van der Waals surface area contributed by atoms with E-state index in [2.05, 4.69) is 10.6 Å². The quantitative estimate of drug-likeness (QED) is 0.636. The lowest BCUT2D eigenvalue weighted by Crippen LogP contribution is -2.43. The number of carbonyl (C=O) groups is 1. The minimum atomic E-state index is -0.354. The molecule has 0 bridgehead atoms. The molecule has 0 saturated carbocycles. The first-order chi connectivity index (χ1) is 8.45. The molecule has 0 aliphatic heterocycles. The molecule has 5 heteroatoms. The summed E-state index contributed by atoms with van der Waals surface area (Å²) < 4.78 is 0. The van der Waals surface area contributed by atoms with Crippen molar-refractivity contribution in [1.29, 1.82) is 0 Å². The summed E-state index contributed by atoms with van der Waals surface area (Å²) >= 11 is 0. The highest BCUT2D eigenvalue weighted by Crippen LogP contribution is 2.27. The number of rotatable bonds is 5. The van der Waals surface area contributed by atoms with Crippen molar-refractivity contribution < 1.29 is 15.0 Å². The van der Waals surface area contributed by atoms with Gasteiger partial charge >= 0.3 is 0 Å². The van der Waals surface area contributed by atoms with E-state index in [4.69, 9.17) is 0 Å². The Balaban J connectivity index is 2.70. The van der Waals surface area contributed by atoms with E-state index < -0.39 is 0 Å². The smallest absolute Gasteiger partial charge is 0.236 e. The maximum Gasteiger partial charge on any atom is 0.236 e. The molecule has 0 aliphatic rings. The molecular formula is C13H20N2O3. The third kappa shape index (κ3) is 3.63. The second-order valence-electron chi connectivity index (χ2n) is 4.25. The number of hydrogen-bond acceptors (Lipinski definition) is 4. The predicted molar refractivity (Wildman–Crippen MR) is 69.5 cm³/mol. The lowest BCUT2D eigenvalue weighted by Gasteiger charge is -2.20. The zero-order chi connectivity index (χ0) is 13.7. The molecule has 0 spiro atoms. The summed E-state index contributed by atoms with van der Waals surface area (Å²) in [5.41, 5.74) is 0.643. The van der Waals surface area contributed by atoms with Crippen LogP contribution < -0.4 is 10.6 Å². The van der Waals surface area contributed by atoms with Gasteiger partial charge in [0.1, 0.15) is 11.5 Å². The molecule has 1 aromatic rings. The zero-order valence-corrected chi connectivity index (χ0v) is 10.9. The van der Waals surface area contributed by atoms with Crippen LogP contribution in [0.1, 0.15) is 32.4 Å². The van der Waals surface area contributed by atoms with E-state index in [1.54, 1.807) is 13.0 Å². The number of aromatic hydroxyl groups is 2. The molecule has 0 aromatic heterocycles. The molecule has 0 radical (unpaired) electrons. The van der Waals surface area contributed by atoms with Crippen molar-refractivity contribution >= 4 is 5.91 Å². The molecule has 4 N–H and O–H groups in total. The van der Waals surface area contributed by atoms with Crippen LogP contribution >= 0.6 is 0 Å². The Morgan fingerprint density at radius 1 is 1.33 bits per heavy atom. The summed E-state index contributed by atoms with van der Waals surface area (Å²) in [6.45, 7) is 6.06. The topological polar surface area (TPSA) is 81.6 Å². The van der Waals surface area contributed by atoms with E-state index in [9.17, 15) is 15.0 Å². The fraction of sp³-hybridized carbons (Fsp3) is 0.462. The number of phenols is 2. The van der Waals surface area contributed by atoms with Crippen LogP contribution in [0.2, 0.25) is 0 Å². The normalized spacial score (nSPS) is 13.9. The van der Waals surface area contributed by atoms with Gasteiger partial charge in [0.15, 0.2) is 0 Å². The van der Waals surface area contributed by atoms with Gasteiger partial charge in [-0.1, -0.05) is 6.07 Å². The number of amides is 1. The molecule has 5 nitrogen and oxygen atoms in total. The summed E-state index contributed by atoms with van der Waals surface area (Å²) in [4.78, 5) is 11.6. The van der Waals surface area contributed by atoms with Gasteiger partial charge in [-0.15, -0.1) is 0 Å². The number of phenolic OH excluding ortho intramolecular Hbond substituents is 2. The SMILES string of the molecule is CCNC(=O)C(C)NC(C)c1ccc(O)cc1O. The van der Waals surface area contributed by atoms with Crippen molar-refractivity contribution in [3.63, 3.8) is 0 Å². The fourth-order valence-corrected chi connectivity index (χ4v) is 1.77. The van der Waals surface area contributed by atoms with Gasteiger partial charge in [-0.25, -0.2) is 0 Å². The molecule has 1 aromatic carbocycles. The largest absolute Gasteiger partial charge is 0.508 e. The Bertz CT molecular complexity index is 421. The molecule has 0 aliphatic carbocycles. The van der Waals surface area contributed by atoms with Crippen LogP contribution in [-0.2, 0) is 4.79 Å². The fourth-order valence-electron chi connectivity index (χ4n) is 1.77. The highest BCUT2D eigenvalue weighted by molar-refractivity contribution is 5.81. The molecule has 2 atom stereocenters. The van der Waals surface area contributed by atoms with Gasteiger partial charge in [0.05, 0.1) is 6.04 Å². The summed E-state index contributed by atoms with van der Waals surface area (Å²) in [6.07, 6.45) is 0. The van der Waals surface area contributed by atoms with Crippen molar-refractivity contribution in [2.24, 2.45) is 0 Å². The third-order valence-electron chi connectivity index (χ3n) is 2.72. The van der Waals surface area contributed by atoms with Gasteiger partial charge in [0.2, 0.25) is 5.91 Å². The molecule has 1 amide bonds. The van der Waals surface area contributed by atoms with Crippen molar-refractivity contribution in [1.82, 2.24) is 10.6 Å². The minimum absolute atomic E-state index is 0.0121. The highest BCUT2D eigenvalue weighted by atomic mass is 16.3. The number of carbonyl (C=O) groups excluding carboxylic acids is 1. The standard InChI is InChI=1S/C13H20N2O3/c1-4-14-13(18)9(3)15-8(2)11-6-5-10(16)7-12(11)17/h5-9,15-17H,4H2,1-3H3,(H,14,18). The highest BCUT2D eigenvalue weighted by Gasteiger charge is 2.17. The molecular weight excluding hydrogens is 232 g/mol. The average molecular weight is 252 g/mol. The number of likely N-dealkylation sites (N-methyl/N-ethyl adjacent to an activating group) is 1. The lowest BCUT2D eigenvalue weighted by molar-refractivity contribution is -0.122. The van der Waals surface area contributed by atoms with E-state index in [1.807, 2.05) is 13.8 Å². The molecule has 18 heavy (non-hydrogen) atoms. The molecule has 1 rings (SSSR count). The Morgan fingerprint density at radius 3 is 2.56 bits per heavy atom. The van der Waals surface area contributed by atoms with E-state index in [1.165, 1.54) is 12.1 Å². The van der Waals surface area contributed by atoms with Crippen LogP contribution in [0.25, 0.3) is 0 Å². The van der Waals surface area contributed by atoms with Crippen LogP contribution in [0.15, 0.2) is 18.2 Å². The monoisotopic (exact) mass is 252 g/mol. The van der Waals surface area contributed by atoms with Gasteiger partial charge < -0.3 is 15.5 Å². The molecule has 0 saturated heterocycles. The average Bonchev–Trinajstić information content (AvgIpc) is 2.28. The molecule has 100 valence electrons. The van der Waals surface area contributed by atoms with Crippen LogP contribution in [0.4, 0.5) is 0 Å². The van der Waals surface area contributed by atoms with E-state index >= 15 is 0 Å². The Hall–Kier alpha value is -1.75. The molecule has 0 heterocycles. The van der Waals surface area contributed by atoms with Crippen LogP contribution in [-0.4, -0.2) is 28.7 Å². The second-order valence-corrected chi connectivity index (χ2v) is 4.25. The molecule has 2 unspecified atom stereocenters. The van der Waals surface area contributed by atoms with Crippen molar-refractivity contribution in [3.8, 4) is 11.5 Å². The van der Waals surface area contributed by atoms with E-state index in [0.29, 0.717) is 12.1 Å². The van der Waals surface area contributed by atoms with Crippen LogP contribution in [0.5, 0.6) is 11.5 Å². The minimum Gasteiger partial charge on any atom is -0.508 e. The van der Waals surface area contributed by atoms with Crippen LogP contribution in [0.3, 0.4) is 0 Å². The number of hydrogen-bond donors (Lipinski definition) is 4. The summed E-state index contributed by atoms with van der Waals surface area (Å²) in [7, 11) is 0. The predicted octanol–water partition coefficient (Wildman–Crippen LogP) is 1.27. The Morgan fingerprint density at radius 2 is 2.00 bits per heavy atom. The number of benzene rings is 1. The Labute approximate surface area is 107 Å². The van der Waals surface area contributed by atoms with Crippen molar-refractivity contribution in [3.05, 3.63) is 23.8 Å². The first-order valence-corrected chi connectivity index (χ1v) is 6.01. The van der Waals surface area contributed by atoms with Gasteiger partial charge in [0, 0.05) is 24.2 Å². The van der Waals surface area contributed by atoms with Crippen molar-refractivity contribution in [2.75, 3.05) is 6.54 Å². The van der Waals surface area contributed by atoms with Gasteiger partial charge in [-0.3, -0.25) is 10.1 Å².